The van der Waals surface area contributed by atoms with Crippen LogP contribution in [0.2, 0.25) is 0 Å². The van der Waals surface area contributed by atoms with Crippen molar-refractivity contribution in [1.29, 1.82) is 0 Å². The van der Waals surface area contributed by atoms with Crippen LogP contribution >= 0.6 is 0 Å². The van der Waals surface area contributed by atoms with Gasteiger partial charge in [0.1, 0.15) is 5.75 Å². The summed E-state index contributed by atoms with van der Waals surface area (Å²) in [5.41, 5.74) is 0.577. The lowest BCUT2D eigenvalue weighted by atomic mass is 10.1. The number of benzene rings is 1. The molecule has 5 heteroatoms. The Kier molecular flexibility index (Phi) is 4.46. The van der Waals surface area contributed by atoms with Gasteiger partial charge in [-0.15, -0.1) is 0 Å². The maximum Gasteiger partial charge on any atom is 0.316 e. The topological polar surface area (TPSA) is 63.7 Å². The van der Waals surface area contributed by atoms with Crippen LogP contribution in [-0.2, 0) is 9.59 Å². The number of carbonyl (C=O) groups is 3. The van der Waals surface area contributed by atoms with Gasteiger partial charge in [-0.25, -0.2) is 0 Å². The molecule has 1 saturated heterocycles. The largest absolute Gasteiger partial charge is 0.426 e. The molecule has 3 rings (SSSR count). The Labute approximate surface area is 135 Å². The van der Waals surface area contributed by atoms with E-state index >= 15 is 0 Å². The molecule has 1 aliphatic carbocycles. The van der Waals surface area contributed by atoms with E-state index < -0.39 is 5.92 Å². The zero-order valence-corrected chi connectivity index (χ0v) is 13.3. The molecule has 0 N–H and O–H groups in total. The Morgan fingerprint density at radius 2 is 1.78 bits per heavy atom. The van der Waals surface area contributed by atoms with Gasteiger partial charge in [0.15, 0.2) is 5.78 Å². The van der Waals surface area contributed by atoms with E-state index in [1.807, 2.05) is 4.90 Å². The lowest BCUT2D eigenvalue weighted by Gasteiger charge is -2.23. The standard InChI is InChI=1S/C18H21NO4/c1-12(20)13-6-8-16(9-7-13)23-18(22)14-10-17(21)19(11-14)15-4-2-3-5-15/h6-9,14-15H,2-5,10-11H2,1H3/t14-/m0/s1. The predicted octanol–water partition coefficient (Wildman–Crippen LogP) is 2.59. The number of rotatable bonds is 4. The quantitative estimate of drug-likeness (QED) is 0.487. The third-order valence-corrected chi connectivity index (χ3v) is 4.74. The van der Waals surface area contributed by atoms with Gasteiger partial charge in [0.2, 0.25) is 5.91 Å². The molecule has 23 heavy (non-hydrogen) atoms. The zero-order valence-electron chi connectivity index (χ0n) is 13.3. The molecule has 0 aromatic heterocycles. The fourth-order valence-electron chi connectivity index (χ4n) is 3.42. The van der Waals surface area contributed by atoms with E-state index in [-0.39, 0.29) is 24.1 Å². The van der Waals surface area contributed by atoms with E-state index in [9.17, 15) is 14.4 Å². The monoisotopic (exact) mass is 315 g/mol. The van der Waals surface area contributed by atoms with Crippen molar-refractivity contribution in [3.8, 4) is 5.75 Å². The molecule has 1 amide bonds. The lowest BCUT2D eigenvalue weighted by Crippen LogP contribution is -2.35. The van der Waals surface area contributed by atoms with Crippen LogP contribution in [0.25, 0.3) is 0 Å². The number of ketones is 1. The third kappa shape index (κ3) is 3.44. The van der Waals surface area contributed by atoms with Crippen molar-refractivity contribution in [2.24, 2.45) is 5.92 Å². The number of carbonyl (C=O) groups excluding carboxylic acids is 3. The molecule has 122 valence electrons. The molecule has 2 aliphatic rings. The van der Waals surface area contributed by atoms with Crippen molar-refractivity contribution in [3.05, 3.63) is 29.8 Å². The second-order valence-electron chi connectivity index (χ2n) is 6.39. The Morgan fingerprint density at radius 3 is 2.39 bits per heavy atom. The smallest absolute Gasteiger partial charge is 0.316 e. The number of nitrogens with zero attached hydrogens (tertiary/aromatic N) is 1. The Morgan fingerprint density at radius 1 is 1.13 bits per heavy atom. The fourth-order valence-corrected chi connectivity index (χ4v) is 3.42. The van der Waals surface area contributed by atoms with Gasteiger partial charge in [0.25, 0.3) is 0 Å². The van der Waals surface area contributed by atoms with Crippen molar-refractivity contribution in [2.75, 3.05) is 6.54 Å². The molecule has 0 radical (unpaired) electrons. The minimum atomic E-state index is -0.393. The van der Waals surface area contributed by atoms with E-state index in [1.54, 1.807) is 24.3 Å². The normalized spacial score (nSPS) is 21.7. The van der Waals surface area contributed by atoms with E-state index in [0.29, 0.717) is 23.9 Å². The van der Waals surface area contributed by atoms with E-state index in [1.165, 1.54) is 6.92 Å². The predicted molar refractivity (Wildman–Crippen MR) is 84.2 cm³/mol. The molecule has 1 aliphatic heterocycles. The van der Waals surface area contributed by atoms with Gasteiger partial charge in [-0.2, -0.15) is 0 Å². The average molecular weight is 315 g/mol. The number of esters is 1. The summed E-state index contributed by atoms with van der Waals surface area (Å²) in [6.45, 7) is 1.95. The first-order chi connectivity index (χ1) is 11.0. The number of hydrogen-bond donors (Lipinski definition) is 0. The summed E-state index contributed by atoms with van der Waals surface area (Å²) in [6, 6.07) is 6.79. The molecule has 1 heterocycles. The summed E-state index contributed by atoms with van der Waals surface area (Å²) < 4.78 is 5.36. The van der Waals surface area contributed by atoms with Gasteiger partial charge in [-0.1, -0.05) is 12.8 Å². The second-order valence-corrected chi connectivity index (χ2v) is 6.39. The molecule has 1 aromatic carbocycles. The summed E-state index contributed by atoms with van der Waals surface area (Å²) in [6.07, 6.45) is 4.64. The maximum absolute atomic E-state index is 12.3. The van der Waals surface area contributed by atoms with Crippen LogP contribution in [0.1, 0.15) is 49.4 Å². The first-order valence-corrected chi connectivity index (χ1v) is 8.17. The van der Waals surface area contributed by atoms with Gasteiger partial charge in [-0.3, -0.25) is 14.4 Å². The zero-order chi connectivity index (χ0) is 16.4. The molecule has 0 bridgehead atoms. The van der Waals surface area contributed by atoms with Crippen LogP contribution in [0, 0.1) is 5.92 Å². The number of amides is 1. The van der Waals surface area contributed by atoms with Crippen molar-refractivity contribution in [1.82, 2.24) is 4.90 Å². The van der Waals surface area contributed by atoms with E-state index in [0.717, 1.165) is 25.7 Å². The third-order valence-electron chi connectivity index (χ3n) is 4.74. The van der Waals surface area contributed by atoms with Gasteiger partial charge >= 0.3 is 5.97 Å². The minimum absolute atomic E-state index is 0.0310. The van der Waals surface area contributed by atoms with E-state index in [4.69, 9.17) is 4.74 Å². The van der Waals surface area contributed by atoms with Crippen LogP contribution in [0.15, 0.2) is 24.3 Å². The van der Waals surface area contributed by atoms with Crippen molar-refractivity contribution in [3.63, 3.8) is 0 Å². The van der Waals surface area contributed by atoms with Gasteiger partial charge < -0.3 is 9.64 Å². The van der Waals surface area contributed by atoms with Gasteiger partial charge in [0.05, 0.1) is 5.92 Å². The summed E-state index contributed by atoms with van der Waals surface area (Å²) in [5, 5.41) is 0. The van der Waals surface area contributed by atoms with Gasteiger partial charge in [0, 0.05) is 24.6 Å². The van der Waals surface area contributed by atoms with Crippen LogP contribution in [-0.4, -0.2) is 35.1 Å². The van der Waals surface area contributed by atoms with Crippen LogP contribution in [0.3, 0.4) is 0 Å². The number of hydrogen-bond acceptors (Lipinski definition) is 4. The number of likely N-dealkylation sites (tertiary alicyclic amines) is 1. The van der Waals surface area contributed by atoms with Gasteiger partial charge in [-0.05, 0) is 44.0 Å². The summed E-state index contributed by atoms with van der Waals surface area (Å²) in [5.74, 6) is -0.320. The maximum atomic E-state index is 12.3. The number of Topliss-reactive ketones (excluding diaryl/α,β-unsaturated/α-hetero) is 1. The molecule has 1 aromatic rings. The molecular formula is C18H21NO4. The fraction of sp³-hybridized carbons (Fsp3) is 0.500. The highest BCUT2D eigenvalue weighted by Crippen LogP contribution is 2.30. The molecule has 0 spiro atoms. The first kappa shape index (κ1) is 15.7. The Balaban J connectivity index is 1.60. The molecule has 0 unspecified atom stereocenters. The first-order valence-electron chi connectivity index (χ1n) is 8.17. The lowest BCUT2D eigenvalue weighted by molar-refractivity contribution is -0.139. The summed E-state index contributed by atoms with van der Waals surface area (Å²) in [7, 11) is 0. The van der Waals surface area contributed by atoms with Crippen molar-refractivity contribution < 1.29 is 19.1 Å². The average Bonchev–Trinajstić information content (AvgIpc) is 3.16. The minimum Gasteiger partial charge on any atom is -0.426 e. The highest BCUT2D eigenvalue weighted by atomic mass is 16.5. The molecule has 1 saturated carbocycles. The number of ether oxygens (including phenoxy) is 1. The Hall–Kier alpha value is -2.17. The SMILES string of the molecule is CC(=O)c1ccc(OC(=O)[C@H]2CC(=O)N(C3CCCC3)C2)cc1. The summed E-state index contributed by atoms with van der Waals surface area (Å²) in [4.78, 5) is 37.5. The molecular weight excluding hydrogens is 294 g/mol. The summed E-state index contributed by atoms with van der Waals surface area (Å²) >= 11 is 0. The van der Waals surface area contributed by atoms with Crippen molar-refractivity contribution in [2.45, 2.75) is 45.1 Å². The Bertz CT molecular complexity index is 616. The molecule has 2 fully saturated rings. The van der Waals surface area contributed by atoms with Crippen LogP contribution in [0.5, 0.6) is 5.75 Å². The molecule has 5 nitrogen and oxygen atoms in total. The highest BCUT2D eigenvalue weighted by Gasteiger charge is 2.39. The second kappa shape index (κ2) is 6.52. The van der Waals surface area contributed by atoms with E-state index in [2.05, 4.69) is 0 Å². The highest BCUT2D eigenvalue weighted by molar-refractivity contribution is 5.94. The van der Waals surface area contributed by atoms with Crippen molar-refractivity contribution >= 4 is 17.7 Å². The van der Waals surface area contributed by atoms with Crippen LogP contribution in [0.4, 0.5) is 0 Å². The van der Waals surface area contributed by atoms with Crippen LogP contribution < -0.4 is 4.74 Å². The molecule has 1 atom stereocenters.